The molecule has 1 aliphatic heterocycles. The highest BCUT2D eigenvalue weighted by atomic mass is 16.5. The van der Waals surface area contributed by atoms with Gasteiger partial charge in [-0.2, -0.15) is 0 Å². The van der Waals surface area contributed by atoms with Crippen molar-refractivity contribution < 1.29 is 4.74 Å². The van der Waals surface area contributed by atoms with Crippen LogP contribution in [0, 0.1) is 11.8 Å². The second-order valence-corrected chi connectivity index (χ2v) is 5.47. The molecule has 2 atom stereocenters. The number of hydrogen-bond donors (Lipinski definition) is 1. The van der Waals surface area contributed by atoms with Crippen LogP contribution in [0.25, 0.3) is 0 Å². The largest absolute Gasteiger partial charge is 0.379 e. The van der Waals surface area contributed by atoms with Gasteiger partial charge >= 0.3 is 0 Å². The molecule has 0 aromatic carbocycles. The predicted octanol–water partition coefficient (Wildman–Crippen LogP) is 1.59. The monoisotopic (exact) mass is 228 g/mol. The van der Waals surface area contributed by atoms with E-state index < -0.39 is 0 Å². The minimum absolute atomic E-state index is 0.564. The van der Waals surface area contributed by atoms with E-state index in [2.05, 4.69) is 38.0 Å². The summed E-state index contributed by atoms with van der Waals surface area (Å²) in [4.78, 5) is 2.44. The Labute approximate surface area is 101 Å². The molecule has 3 nitrogen and oxygen atoms in total. The first-order valence-corrected chi connectivity index (χ1v) is 6.63. The maximum Gasteiger partial charge on any atom is 0.0623 e. The van der Waals surface area contributed by atoms with Gasteiger partial charge < -0.3 is 15.0 Å². The first-order chi connectivity index (χ1) is 7.63. The fraction of sp³-hybridized carbons (Fsp3) is 1.00. The van der Waals surface area contributed by atoms with Crippen molar-refractivity contribution in [3.63, 3.8) is 0 Å². The molecule has 1 saturated heterocycles. The summed E-state index contributed by atoms with van der Waals surface area (Å²) in [6.07, 6.45) is 1.20. The lowest BCUT2D eigenvalue weighted by Crippen LogP contribution is -2.41. The van der Waals surface area contributed by atoms with E-state index in [0.29, 0.717) is 12.0 Å². The smallest absolute Gasteiger partial charge is 0.0623 e. The van der Waals surface area contributed by atoms with Crippen LogP contribution < -0.4 is 5.32 Å². The molecule has 0 saturated carbocycles. The van der Waals surface area contributed by atoms with Crippen molar-refractivity contribution in [3.05, 3.63) is 0 Å². The topological polar surface area (TPSA) is 24.5 Å². The van der Waals surface area contributed by atoms with E-state index in [0.717, 1.165) is 32.2 Å². The molecule has 0 radical (unpaired) electrons. The van der Waals surface area contributed by atoms with Gasteiger partial charge in [0.15, 0.2) is 0 Å². The third-order valence-corrected chi connectivity index (χ3v) is 3.08. The van der Waals surface area contributed by atoms with Crippen LogP contribution in [0.5, 0.6) is 0 Å². The SMILES string of the molecule is CCCNC1COCC1CN(C)CC(C)C. The van der Waals surface area contributed by atoms with Gasteiger partial charge in [0.05, 0.1) is 13.2 Å². The van der Waals surface area contributed by atoms with Crippen LogP contribution in [0.3, 0.4) is 0 Å². The summed E-state index contributed by atoms with van der Waals surface area (Å²) in [7, 11) is 2.22. The van der Waals surface area contributed by atoms with Gasteiger partial charge in [0.2, 0.25) is 0 Å². The molecule has 96 valence electrons. The van der Waals surface area contributed by atoms with Crippen molar-refractivity contribution in [2.24, 2.45) is 11.8 Å². The standard InChI is InChI=1S/C13H28N2O/c1-5-6-14-13-10-16-9-12(13)8-15(4)7-11(2)3/h11-14H,5-10H2,1-4H3. The zero-order valence-electron chi connectivity index (χ0n) is 11.3. The van der Waals surface area contributed by atoms with E-state index in [1.54, 1.807) is 0 Å². The van der Waals surface area contributed by atoms with Gasteiger partial charge in [-0.05, 0) is 25.9 Å². The molecule has 0 aliphatic carbocycles. The maximum absolute atomic E-state index is 5.58. The Morgan fingerprint density at radius 1 is 1.38 bits per heavy atom. The number of hydrogen-bond acceptors (Lipinski definition) is 3. The van der Waals surface area contributed by atoms with Gasteiger partial charge in [-0.15, -0.1) is 0 Å². The third-order valence-electron chi connectivity index (χ3n) is 3.08. The minimum Gasteiger partial charge on any atom is -0.379 e. The Morgan fingerprint density at radius 2 is 2.12 bits per heavy atom. The highest BCUT2D eigenvalue weighted by Gasteiger charge is 2.28. The lowest BCUT2D eigenvalue weighted by molar-refractivity contribution is 0.170. The van der Waals surface area contributed by atoms with E-state index in [1.807, 2.05) is 0 Å². The van der Waals surface area contributed by atoms with E-state index >= 15 is 0 Å². The number of rotatable bonds is 7. The maximum atomic E-state index is 5.58. The average Bonchev–Trinajstić information content (AvgIpc) is 2.61. The Bertz CT molecular complexity index is 185. The summed E-state index contributed by atoms with van der Waals surface area (Å²) in [5.41, 5.74) is 0. The van der Waals surface area contributed by atoms with E-state index in [-0.39, 0.29) is 0 Å². The van der Waals surface area contributed by atoms with Crippen LogP contribution in [-0.2, 0) is 4.74 Å². The molecule has 0 bridgehead atoms. The molecule has 0 aromatic heterocycles. The molecule has 1 rings (SSSR count). The summed E-state index contributed by atoms with van der Waals surface area (Å²) in [6.45, 7) is 12.0. The molecule has 1 heterocycles. The Kier molecular flexibility index (Phi) is 6.32. The van der Waals surface area contributed by atoms with Gasteiger partial charge in [-0.1, -0.05) is 20.8 Å². The predicted molar refractivity (Wildman–Crippen MR) is 68.7 cm³/mol. The van der Waals surface area contributed by atoms with Gasteiger partial charge in [0, 0.05) is 25.0 Å². The normalized spacial score (nSPS) is 25.9. The van der Waals surface area contributed by atoms with Gasteiger partial charge in [0.25, 0.3) is 0 Å². The first-order valence-electron chi connectivity index (χ1n) is 6.63. The van der Waals surface area contributed by atoms with Gasteiger partial charge in [-0.25, -0.2) is 0 Å². The molecule has 16 heavy (non-hydrogen) atoms. The number of nitrogens with zero attached hydrogens (tertiary/aromatic N) is 1. The summed E-state index contributed by atoms with van der Waals surface area (Å²) >= 11 is 0. The molecule has 3 heteroatoms. The fourth-order valence-electron chi connectivity index (χ4n) is 2.43. The van der Waals surface area contributed by atoms with Crippen LogP contribution in [-0.4, -0.2) is 50.8 Å². The highest BCUT2D eigenvalue weighted by Crippen LogP contribution is 2.15. The molecule has 1 N–H and O–H groups in total. The van der Waals surface area contributed by atoms with E-state index in [9.17, 15) is 0 Å². The molecular weight excluding hydrogens is 200 g/mol. The Morgan fingerprint density at radius 3 is 2.75 bits per heavy atom. The fourth-order valence-corrected chi connectivity index (χ4v) is 2.43. The average molecular weight is 228 g/mol. The molecule has 0 spiro atoms. The lowest BCUT2D eigenvalue weighted by Gasteiger charge is -2.25. The summed E-state index contributed by atoms with van der Waals surface area (Å²) in [5, 5.41) is 3.59. The van der Waals surface area contributed by atoms with E-state index in [1.165, 1.54) is 13.0 Å². The van der Waals surface area contributed by atoms with Crippen molar-refractivity contribution in [1.82, 2.24) is 10.2 Å². The molecule has 0 aromatic rings. The van der Waals surface area contributed by atoms with Crippen molar-refractivity contribution in [2.45, 2.75) is 33.2 Å². The molecule has 2 unspecified atom stereocenters. The van der Waals surface area contributed by atoms with Crippen molar-refractivity contribution >= 4 is 0 Å². The summed E-state index contributed by atoms with van der Waals surface area (Å²) in [6, 6.07) is 0.564. The Hall–Kier alpha value is -0.120. The van der Waals surface area contributed by atoms with Gasteiger partial charge in [0.1, 0.15) is 0 Å². The van der Waals surface area contributed by atoms with Crippen LogP contribution in [0.15, 0.2) is 0 Å². The van der Waals surface area contributed by atoms with E-state index in [4.69, 9.17) is 4.74 Å². The number of ether oxygens (including phenoxy) is 1. The second-order valence-electron chi connectivity index (χ2n) is 5.47. The van der Waals surface area contributed by atoms with Crippen molar-refractivity contribution in [1.29, 1.82) is 0 Å². The summed E-state index contributed by atoms with van der Waals surface area (Å²) < 4.78 is 5.58. The quantitative estimate of drug-likeness (QED) is 0.716. The van der Waals surface area contributed by atoms with Crippen molar-refractivity contribution in [3.8, 4) is 0 Å². The van der Waals surface area contributed by atoms with Crippen LogP contribution >= 0.6 is 0 Å². The molecule has 0 amide bonds. The first kappa shape index (κ1) is 13.9. The van der Waals surface area contributed by atoms with Gasteiger partial charge in [-0.3, -0.25) is 0 Å². The zero-order valence-corrected chi connectivity index (χ0v) is 11.3. The third kappa shape index (κ3) is 4.81. The molecule has 1 fully saturated rings. The van der Waals surface area contributed by atoms with Crippen LogP contribution in [0.4, 0.5) is 0 Å². The molecule has 1 aliphatic rings. The minimum atomic E-state index is 0.564. The zero-order chi connectivity index (χ0) is 12.0. The number of nitrogens with one attached hydrogen (secondary N) is 1. The molecular formula is C13H28N2O. The van der Waals surface area contributed by atoms with Crippen LogP contribution in [0.1, 0.15) is 27.2 Å². The second kappa shape index (κ2) is 7.25. The van der Waals surface area contributed by atoms with Crippen LogP contribution in [0.2, 0.25) is 0 Å². The van der Waals surface area contributed by atoms with Crippen molar-refractivity contribution in [2.75, 3.05) is 39.9 Å². The summed E-state index contributed by atoms with van der Waals surface area (Å²) in [5.74, 6) is 1.41. The Balaban J connectivity index is 2.28. The highest BCUT2D eigenvalue weighted by molar-refractivity contribution is 4.83. The lowest BCUT2D eigenvalue weighted by atomic mass is 10.0.